The van der Waals surface area contributed by atoms with Gasteiger partial charge in [0.15, 0.2) is 0 Å². The molecule has 102 valence electrons. The van der Waals surface area contributed by atoms with E-state index in [-0.39, 0.29) is 5.91 Å². The molecule has 1 heterocycles. The van der Waals surface area contributed by atoms with Crippen LogP contribution in [0.1, 0.15) is 28.7 Å². The van der Waals surface area contributed by atoms with Gasteiger partial charge in [-0.1, -0.05) is 19.1 Å². The van der Waals surface area contributed by atoms with E-state index in [0.29, 0.717) is 34.7 Å². The Kier molecular flexibility index (Phi) is 3.71. The average Bonchev–Trinajstić information content (AvgIpc) is 2.73. The Bertz CT molecular complexity index is 696. The van der Waals surface area contributed by atoms with Gasteiger partial charge in [0.2, 0.25) is 0 Å². The van der Waals surface area contributed by atoms with Gasteiger partial charge in [-0.2, -0.15) is 10.4 Å². The molecule has 0 aliphatic heterocycles. The molecular formula is C14H15N5O. The standard InChI is InChI=1S/C14H15N5O/c1-3-10-12(16)13(19(2)18-10)14(20)17-11-7-5-4-6-9(11)8-15/h4-7H,3,16H2,1-2H3,(H,17,20). The highest BCUT2D eigenvalue weighted by Crippen LogP contribution is 2.20. The highest BCUT2D eigenvalue weighted by Gasteiger charge is 2.19. The molecule has 0 aliphatic rings. The molecule has 2 aromatic rings. The summed E-state index contributed by atoms with van der Waals surface area (Å²) in [5.74, 6) is -0.375. The smallest absolute Gasteiger partial charge is 0.276 e. The topological polar surface area (TPSA) is 96.7 Å². The number of para-hydroxylation sites is 1. The van der Waals surface area contributed by atoms with E-state index in [1.807, 2.05) is 13.0 Å². The summed E-state index contributed by atoms with van der Waals surface area (Å²) in [5, 5.41) is 15.9. The molecule has 1 aromatic carbocycles. The fourth-order valence-electron chi connectivity index (χ4n) is 2.00. The van der Waals surface area contributed by atoms with E-state index < -0.39 is 0 Å². The van der Waals surface area contributed by atoms with Crippen LogP contribution in [0.25, 0.3) is 0 Å². The minimum absolute atomic E-state index is 0.301. The highest BCUT2D eigenvalue weighted by atomic mass is 16.2. The maximum absolute atomic E-state index is 12.3. The van der Waals surface area contributed by atoms with E-state index in [4.69, 9.17) is 11.0 Å². The van der Waals surface area contributed by atoms with Crippen LogP contribution in [0.2, 0.25) is 0 Å². The second-order valence-electron chi connectivity index (χ2n) is 4.30. The predicted octanol–water partition coefficient (Wildman–Crippen LogP) is 1.69. The summed E-state index contributed by atoms with van der Waals surface area (Å²) in [6.45, 7) is 1.92. The van der Waals surface area contributed by atoms with Crippen molar-refractivity contribution in [1.29, 1.82) is 5.26 Å². The van der Waals surface area contributed by atoms with E-state index >= 15 is 0 Å². The first-order valence-corrected chi connectivity index (χ1v) is 6.20. The SMILES string of the molecule is CCc1nn(C)c(C(=O)Nc2ccccc2C#N)c1N. The van der Waals surface area contributed by atoms with Gasteiger partial charge in [0.25, 0.3) is 5.91 Å². The fourth-order valence-corrected chi connectivity index (χ4v) is 2.00. The average molecular weight is 269 g/mol. The first-order chi connectivity index (χ1) is 9.58. The number of hydrogen-bond donors (Lipinski definition) is 2. The van der Waals surface area contributed by atoms with Crippen LogP contribution in [-0.4, -0.2) is 15.7 Å². The molecule has 0 atom stereocenters. The molecule has 0 spiro atoms. The van der Waals surface area contributed by atoms with Crippen molar-refractivity contribution in [3.8, 4) is 6.07 Å². The van der Waals surface area contributed by atoms with Gasteiger partial charge in [-0.15, -0.1) is 0 Å². The van der Waals surface area contributed by atoms with Crippen LogP contribution in [0, 0.1) is 11.3 Å². The lowest BCUT2D eigenvalue weighted by Gasteiger charge is -2.07. The van der Waals surface area contributed by atoms with Crippen molar-refractivity contribution in [2.45, 2.75) is 13.3 Å². The largest absolute Gasteiger partial charge is 0.395 e. The quantitative estimate of drug-likeness (QED) is 0.886. The summed E-state index contributed by atoms with van der Waals surface area (Å²) in [5.41, 5.74) is 8.15. The summed E-state index contributed by atoms with van der Waals surface area (Å²) in [7, 11) is 1.67. The van der Waals surface area contributed by atoms with Gasteiger partial charge in [-0.25, -0.2) is 0 Å². The number of nitrogen functional groups attached to an aromatic ring is 1. The molecule has 1 amide bonds. The first-order valence-electron chi connectivity index (χ1n) is 6.20. The van der Waals surface area contributed by atoms with Crippen molar-refractivity contribution in [3.63, 3.8) is 0 Å². The molecule has 0 bridgehead atoms. The molecule has 1 aromatic heterocycles. The minimum atomic E-state index is -0.375. The summed E-state index contributed by atoms with van der Waals surface area (Å²) >= 11 is 0. The van der Waals surface area contributed by atoms with E-state index in [1.165, 1.54) is 4.68 Å². The molecule has 3 N–H and O–H groups in total. The van der Waals surface area contributed by atoms with Gasteiger partial charge < -0.3 is 11.1 Å². The van der Waals surface area contributed by atoms with E-state index in [2.05, 4.69) is 10.4 Å². The van der Waals surface area contributed by atoms with Crippen LogP contribution in [0.5, 0.6) is 0 Å². The second-order valence-corrected chi connectivity index (χ2v) is 4.30. The van der Waals surface area contributed by atoms with Gasteiger partial charge in [-0.05, 0) is 18.6 Å². The third-order valence-corrected chi connectivity index (χ3v) is 3.01. The van der Waals surface area contributed by atoms with E-state index in [0.717, 1.165) is 0 Å². The van der Waals surface area contributed by atoms with Crippen molar-refractivity contribution in [3.05, 3.63) is 41.2 Å². The highest BCUT2D eigenvalue weighted by molar-refractivity contribution is 6.07. The zero-order valence-electron chi connectivity index (χ0n) is 11.3. The van der Waals surface area contributed by atoms with E-state index in [1.54, 1.807) is 31.3 Å². The number of carbonyl (C=O) groups excluding carboxylic acids is 1. The summed E-state index contributed by atoms with van der Waals surface area (Å²) in [4.78, 5) is 12.3. The summed E-state index contributed by atoms with van der Waals surface area (Å²) < 4.78 is 1.46. The molecule has 6 nitrogen and oxygen atoms in total. The van der Waals surface area contributed by atoms with Gasteiger partial charge in [-0.3, -0.25) is 9.48 Å². The Labute approximate surface area is 116 Å². The van der Waals surface area contributed by atoms with Crippen LogP contribution in [0.4, 0.5) is 11.4 Å². The Hall–Kier alpha value is -2.81. The van der Waals surface area contributed by atoms with Crippen LogP contribution in [-0.2, 0) is 13.5 Å². The Morgan fingerprint density at radius 1 is 1.50 bits per heavy atom. The first kappa shape index (κ1) is 13.6. The molecule has 0 unspecified atom stereocenters. The number of nitrogens with two attached hydrogens (primary N) is 1. The predicted molar refractivity (Wildman–Crippen MR) is 76.1 cm³/mol. The lowest BCUT2D eigenvalue weighted by atomic mass is 10.2. The van der Waals surface area contributed by atoms with Crippen molar-refractivity contribution in [2.24, 2.45) is 7.05 Å². The van der Waals surface area contributed by atoms with Crippen LogP contribution in [0.3, 0.4) is 0 Å². The zero-order valence-corrected chi connectivity index (χ0v) is 11.3. The van der Waals surface area contributed by atoms with Gasteiger partial charge >= 0.3 is 0 Å². The second kappa shape index (κ2) is 5.45. The number of rotatable bonds is 3. The lowest BCUT2D eigenvalue weighted by molar-refractivity contribution is 0.101. The molecule has 0 saturated heterocycles. The Morgan fingerprint density at radius 3 is 2.80 bits per heavy atom. The van der Waals surface area contributed by atoms with Crippen molar-refractivity contribution < 1.29 is 4.79 Å². The molecule has 0 radical (unpaired) electrons. The number of aromatic nitrogens is 2. The maximum atomic E-state index is 12.3. The Balaban J connectivity index is 2.34. The monoisotopic (exact) mass is 269 g/mol. The maximum Gasteiger partial charge on any atom is 0.276 e. The van der Waals surface area contributed by atoms with Crippen LogP contribution < -0.4 is 11.1 Å². The fraction of sp³-hybridized carbons (Fsp3) is 0.214. The molecule has 0 fully saturated rings. The molecular weight excluding hydrogens is 254 g/mol. The van der Waals surface area contributed by atoms with E-state index in [9.17, 15) is 4.79 Å². The normalized spacial score (nSPS) is 10.1. The number of amides is 1. The number of aryl methyl sites for hydroxylation is 2. The third-order valence-electron chi connectivity index (χ3n) is 3.01. The van der Waals surface area contributed by atoms with Crippen molar-refractivity contribution in [2.75, 3.05) is 11.1 Å². The Morgan fingerprint density at radius 2 is 2.20 bits per heavy atom. The zero-order chi connectivity index (χ0) is 14.7. The number of carbonyl (C=O) groups is 1. The van der Waals surface area contributed by atoms with Crippen LogP contribution in [0.15, 0.2) is 24.3 Å². The number of nitrogens with zero attached hydrogens (tertiary/aromatic N) is 3. The van der Waals surface area contributed by atoms with Gasteiger partial charge in [0, 0.05) is 7.05 Å². The van der Waals surface area contributed by atoms with Crippen molar-refractivity contribution >= 4 is 17.3 Å². The number of benzene rings is 1. The van der Waals surface area contributed by atoms with Gasteiger partial charge in [0.05, 0.1) is 22.6 Å². The van der Waals surface area contributed by atoms with Crippen LogP contribution >= 0.6 is 0 Å². The third kappa shape index (κ3) is 2.34. The molecule has 20 heavy (non-hydrogen) atoms. The molecule has 0 aliphatic carbocycles. The number of nitrogens with one attached hydrogen (secondary N) is 1. The lowest BCUT2D eigenvalue weighted by Crippen LogP contribution is -2.18. The summed E-state index contributed by atoms with van der Waals surface area (Å²) in [6, 6.07) is 8.83. The molecule has 6 heteroatoms. The minimum Gasteiger partial charge on any atom is -0.395 e. The summed E-state index contributed by atoms with van der Waals surface area (Å²) in [6.07, 6.45) is 0.654. The number of hydrogen-bond acceptors (Lipinski definition) is 4. The number of anilines is 2. The van der Waals surface area contributed by atoms with Crippen molar-refractivity contribution in [1.82, 2.24) is 9.78 Å². The molecule has 2 rings (SSSR count). The van der Waals surface area contributed by atoms with Gasteiger partial charge in [0.1, 0.15) is 11.8 Å². The number of nitriles is 1. The molecule has 0 saturated carbocycles.